The number of hydrogen-bond donors (Lipinski definition) is 0. The van der Waals surface area contributed by atoms with Crippen LogP contribution in [0.5, 0.6) is 0 Å². The number of alkyl halides is 2. The zero-order chi connectivity index (χ0) is 17.2. The van der Waals surface area contributed by atoms with Gasteiger partial charge in [0.25, 0.3) is 5.92 Å². The van der Waals surface area contributed by atoms with Crippen LogP contribution in [0.2, 0.25) is 0 Å². The summed E-state index contributed by atoms with van der Waals surface area (Å²) in [6, 6.07) is 0. The standard InChI is InChI=1S/C18H23F2N3O2/c19-18(20)5-7-23(8-6-18)17(24)14-12-4-3-11(9-12)13(14)16-21-15(22-25-16)10-1-2-10/h10-14H,1-9H2/t11-,12+,13+,14+/m1/s1. The predicted molar refractivity (Wildman–Crippen MR) is 84.1 cm³/mol. The molecule has 25 heavy (non-hydrogen) atoms. The first-order valence-corrected chi connectivity index (χ1v) is 9.52. The van der Waals surface area contributed by atoms with Crippen molar-refractivity contribution in [1.29, 1.82) is 0 Å². The van der Waals surface area contributed by atoms with Crippen LogP contribution < -0.4 is 0 Å². The molecule has 5 rings (SSSR count). The van der Waals surface area contributed by atoms with Gasteiger partial charge in [0.05, 0.1) is 11.8 Å². The van der Waals surface area contributed by atoms with Crippen LogP contribution in [0.25, 0.3) is 0 Å². The van der Waals surface area contributed by atoms with E-state index >= 15 is 0 Å². The van der Waals surface area contributed by atoms with E-state index in [1.165, 1.54) is 0 Å². The Morgan fingerprint density at radius 1 is 1.12 bits per heavy atom. The lowest BCUT2D eigenvalue weighted by molar-refractivity contribution is -0.144. The first-order valence-electron chi connectivity index (χ1n) is 9.52. The van der Waals surface area contributed by atoms with Gasteiger partial charge in [0.2, 0.25) is 11.8 Å². The van der Waals surface area contributed by atoms with Crippen LogP contribution in [0.4, 0.5) is 8.78 Å². The zero-order valence-corrected chi connectivity index (χ0v) is 14.2. The Labute approximate surface area is 145 Å². The molecule has 1 aromatic rings. The van der Waals surface area contributed by atoms with Gasteiger partial charge in [-0.05, 0) is 43.9 Å². The number of carbonyl (C=O) groups is 1. The van der Waals surface area contributed by atoms with Crippen LogP contribution in [-0.4, -0.2) is 40.0 Å². The number of rotatable bonds is 3. The molecule has 2 heterocycles. The molecule has 136 valence electrons. The molecular formula is C18H23F2N3O2. The average molecular weight is 351 g/mol. The van der Waals surface area contributed by atoms with Crippen molar-refractivity contribution in [1.82, 2.24) is 15.0 Å². The van der Waals surface area contributed by atoms with Gasteiger partial charge in [-0.2, -0.15) is 4.98 Å². The van der Waals surface area contributed by atoms with E-state index in [9.17, 15) is 13.6 Å². The molecule has 0 aromatic carbocycles. The number of halogens is 2. The highest BCUT2D eigenvalue weighted by Crippen LogP contribution is 2.57. The maximum atomic E-state index is 13.4. The summed E-state index contributed by atoms with van der Waals surface area (Å²) in [7, 11) is 0. The van der Waals surface area contributed by atoms with Crippen LogP contribution in [0.3, 0.4) is 0 Å². The lowest BCUT2D eigenvalue weighted by Crippen LogP contribution is -2.47. The SMILES string of the molecule is O=C([C@H]1[C@H]2CC[C@H](C2)[C@@H]1c1nc(C2CC2)no1)N1CCC(F)(F)CC1. The molecule has 4 atom stereocenters. The molecule has 1 saturated heterocycles. The summed E-state index contributed by atoms with van der Waals surface area (Å²) >= 11 is 0. The molecule has 0 unspecified atom stereocenters. The summed E-state index contributed by atoms with van der Waals surface area (Å²) in [5.41, 5.74) is 0. The third kappa shape index (κ3) is 2.66. The fourth-order valence-electron chi connectivity index (χ4n) is 5.16. The number of hydrogen-bond acceptors (Lipinski definition) is 4. The van der Waals surface area contributed by atoms with Crippen LogP contribution in [0.1, 0.15) is 68.5 Å². The molecule has 0 radical (unpaired) electrons. The van der Waals surface area contributed by atoms with Gasteiger partial charge in [-0.15, -0.1) is 0 Å². The van der Waals surface area contributed by atoms with Gasteiger partial charge in [-0.1, -0.05) is 5.16 Å². The van der Waals surface area contributed by atoms with Crippen molar-refractivity contribution in [2.45, 2.75) is 62.7 Å². The Balaban J connectivity index is 1.37. The summed E-state index contributed by atoms with van der Waals surface area (Å²) in [4.78, 5) is 19.4. The summed E-state index contributed by atoms with van der Waals surface area (Å²) in [5, 5.41) is 4.12. The topological polar surface area (TPSA) is 59.2 Å². The second-order valence-corrected chi connectivity index (χ2v) is 8.33. The van der Waals surface area contributed by atoms with E-state index in [-0.39, 0.29) is 43.7 Å². The van der Waals surface area contributed by atoms with Crippen LogP contribution >= 0.6 is 0 Å². The fraction of sp³-hybridized carbons (Fsp3) is 0.833. The lowest BCUT2D eigenvalue weighted by atomic mass is 9.78. The Kier molecular flexibility index (Phi) is 3.44. The smallest absolute Gasteiger partial charge is 0.251 e. The average Bonchev–Trinajstić information content (AvgIpc) is 3.03. The molecule has 1 aromatic heterocycles. The van der Waals surface area contributed by atoms with Crippen molar-refractivity contribution in [3.05, 3.63) is 11.7 Å². The van der Waals surface area contributed by atoms with Crippen molar-refractivity contribution in [3.8, 4) is 0 Å². The Morgan fingerprint density at radius 3 is 2.56 bits per heavy atom. The van der Waals surface area contributed by atoms with Crippen molar-refractivity contribution >= 4 is 5.91 Å². The normalized spacial score (nSPS) is 36.8. The quantitative estimate of drug-likeness (QED) is 0.838. The second-order valence-electron chi connectivity index (χ2n) is 8.33. The van der Waals surface area contributed by atoms with Gasteiger partial charge in [0.15, 0.2) is 5.82 Å². The minimum Gasteiger partial charge on any atom is -0.342 e. The molecule has 1 aliphatic heterocycles. The zero-order valence-electron chi connectivity index (χ0n) is 14.2. The Morgan fingerprint density at radius 2 is 1.84 bits per heavy atom. The number of aromatic nitrogens is 2. The minimum absolute atomic E-state index is 0.0197. The lowest BCUT2D eigenvalue weighted by Gasteiger charge is -2.36. The molecule has 4 aliphatic rings. The van der Waals surface area contributed by atoms with Gasteiger partial charge in [0.1, 0.15) is 0 Å². The molecule has 7 heteroatoms. The van der Waals surface area contributed by atoms with Crippen molar-refractivity contribution in [3.63, 3.8) is 0 Å². The van der Waals surface area contributed by atoms with E-state index < -0.39 is 5.92 Å². The number of nitrogens with zero attached hydrogens (tertiary/aromatic N) is 3. The Bertz CT molecular complexity index is 678. The van der Waals surface area contributed by atoms with Gasteiger partial charge in [-0.3, -0.25) is 4.79 Å². The third-order valence-corrected chi connectivity index (χ3v) is 6.69. The van der Waals surface area contributed by atoms with Gasteiger partial charge < -0.3 is 9.42 Å². The summed E-state index contributed by atoms with van der Waals surface area (Å²) < 4.78 is 32.4. The number of fused-ring (bicyclic) bond motifs is 2. The molecule has 1 amide bonds. The number of likely N-dealkylation sites (tertiary alicyclic amines) is 1. The highest BCUT2D eigenvalue weighted by atomic mass is 19.3. The maximum absolute atomic E-state index is 13.4. The van der Waals surface area contributed by atoms with Crippen molar-refractivity contribution in [2.24, 2.45) is 17.8 Å². The van der Waals surface area contributed by atoms with Gasteiger partial charge in [0, 0.05) is 31.8 Å². The van der Waals surface area contributed by atoms with Crippen LogP contribution in [0, 0.1) is 17.8 Å². The molecule has 2 bridgehead atoms. The molecule has 0 spiro atoms. The summed E-state index contributed by atoms with van der Waals surface area (Å²) in [5.74, 6) is -0.230. The number of carbonyl (C=O) groups excluding carboxylic acids is 1. The molecule has 5 nitrogen and oxygen atoms in total. The molecular weight excluding hydrogens is 328 g/mol. The molecule has 3 saturated carbocycles. The molecule has 4 fully saturated rings. The van der Waals surface area contributed by atoms with E-state index in [0.29, 0.717) is 23.6 Å². The minimum atomic E-state index is -2.63. The number of piperidine rings is 1. The first-order chi connectivity index (χ1) is 12.0. The second kappa shape index (κ2) is 5.48. The van der Waals surface area contributed by atoms with Gasteiger partial charge >= 0.3 is 0 Å². The summed E-state index contributed by atoms with van der Waals surface area (Å²) in [6.07, 6.45) is 4.93. The summed E-state index contributed by atoms with van der Waals surface area (Å²) in [6.45, 7) is 0.313. The van der Waals surface area contributed by atoms with Gasteiger partial charge in [-0.25, -0.2) is 8.78 Å². The van der Waals surface area contributed by atoms with Crippen molar-refractivity contribution < 1.29 is 18.1 Å². The molecule has 3 aliphatic carbocycles. The first kappa shape index (κ1) is 15.7. The van der Waals surface area contributed by atoms with E-state index in [2.05, 4.69) is 10.1 Å². The van der Waals surface area contributed by atoms with E-state index in [1.54, 1.807) is 4.90 Å². The van der Waals surface area contributed by atoms with E-state index in [4.69, 9.17) is 4.52 Å². The van der Waals surface area contributed by atoms with Crippen LogP contribution in [0.15, 0.2) is 4.52 Å². The monoisotopic (exact) mass is 351 g/mol. The highest BCUT2D eigenvalue weighted by Gasteiger charge is 2.55. The van der Waals surface area contributed by atoms with Crippen molar-refractivity contribution in [2.75, 3.05) is 13.1 Å². The third-order valence-electron chi connectivity index (χ3n) is 6.69. The van der Waals surface area contributed by atoms with Crippen LogP contribution in [-0.2, 0) is 4.79 Å². The van der Waals surface area contributed by atoms with E-state index in [0.717, 1.165) is 37.9 Å². The fourth-order valence-corrected chi connectivity index (χ4v) is 5.16. The Hall–Kier alpha value is -1.53. The number of amides is 1. The van der Waals surface area contributed by atoms with E-state index in [1.807, 2.05) is 0 Å². The molecule has 0 N–H and O–H groups in total. The maximum Gasteiger partial charge on any atom is 0.251 e. The largest absolute Gasteiger partial charge is 0.342 e. The predicted octanol–water partition coefficient (Wildman–Crippen LogP) is 3.33. The highest BCUT2D eigenvalue weighted by molar-refractivity contribution is 5.81.